The van der Waals surface area contributed by atoms with Crippen molar-refractivity contribution in [1.82, 2.24) is 0 Å². The summed E-state index contributed by atoms with van der Waals surface area (Å²) < 4.78 is 0. The fraction of sp³-hybridized carbons (Fsp3) is 0.900. The summed E-state index contributed by atoms with van der Waals surface area (Å²) in [5.74, 6) is 4.21. The molecule has 2 aliphatic carbocycles. The monoisotopic (exact) mass is 276 g/mol. The fourth-order valence-electron chi connectivity index (χ4n) is 4.45. The normalized spacial score (nSPS) is 34.8. The van der Waals surface area contributed by atoms with Crippen molar-refractivity contribution >= 4 is 0 Å². The Balaban J connectivity index is 1.63. The second-order valence-corrected chi connectivity index (χ2v) is 7.93. The van der Waals surface area contributed by atoms with Crippen LogP contribution in [-0.2, 0) is 0 Å². The van der Waals surface area contributed by atoms with E-state index in [0.717, 1.165) is 23.7 Å². The largest absolute Gasteiger partial charge is 0.0856 e. The average Bonchev–Trinajstić information content (AvgIpc) is 2.47. The first-order chi connectivity index (χ1) is 9.67. The van der Waals surface area contributed by atoms with Crippen LogP contribution in [0.5, 0.6) is 0 Å². The van der Waals surface area contributed by atoms with Crippen molar-refractivity contribution in [2.45, 2.75) is 91.4 Å². The first-order valence-corrected chi connectivity index (χ1v) is 9.30. The van der Waals surface area contributed by atoms with Crippen LogP contribution in [0, 0.1) is 23.7 Å². The highest BCUT2D eigenvalue weighted by molar-refractivity contribution is 4.94. The van der Waals surface area contributed by atoms with Crippen LogP contribution in [0.15, 0.2) is 11.6 Å². The minimum atomic E-state index is 0.997. The molecule has 0 aromatic heterocycles. The van der Waals surface area contributed by atoms with Gasteiger partial charge in [-0.3, -0.25) is 0 Å². The third-order valence-corrected chi connectivity index (χ3v) is 6.04. The third-order valence-electron chi connectivity index (χ3n) is 6.04. The SMILES string of the molecule is CCC1CCC(CC2CCC(CC=C(C)C)CC2)CC1. The Bertz CT molecular complexity index is 281. The van der Waals surface area contributed by atoms with Gasteiger partial charge in [0.25, 0.3) is 0 Å². The maximum Gasteiger partial charge on any atom is -0.0320 e. The summed E-state index contributed by atoms with van der Waals surface area (Å²) in [5, 5.41) is 0. The minimum absolute atomic E-state index is 0.997. The highest BCUT2D eigenvalue weighted by atomic mass is 14.3. The maximum absolute atomic E-state index is 2.46. The molecule has 0 bridgehead atoms. The molecular weight excluding hydrogens is 240 g/mol. The lowest BCUT2D eigenvalue weighted by Gasteiger charge is -2.33. The van der Waals surface area contributed by atoms with Gasteiger partial charge in [-0.2, -0.15) is 0 Å². The lowest BCUT2D eigenvalue weighted by molar-refractivity contribution is 0.190. The van der Waals surface area contributed by atoms with Crippen molar-refractivity contribution in [2.24, 2.45) is 23.7 Å². The van der Waals surface area contributed by atoms with Gasteiger partial charge in [-0.05, 0) is 63.2 Å². The van der Waals surface area contributed by atoms with Gasteiger partial charge >= 0.3 is 0 Å². The van der Waals surface area contributed by atoms with Gasteiger partial charge in [0.2, 0.25) is 0 Å². The average molecular weight is 277 g/mol. The molecule has 2 fully saturated rings. The molecule has 0 aromatic rings. The maximum atomic E-state index is 2.46. The van der Waals surface area contributed by atoms with E-state index in [1.165, 1.54) is 69.8 Å². The number of rotatable bonds is 5. The van der Waals surface area contributed by atoms with Crippen LogP contribution >= 0.6 is 0 Å². The van der Waals surface area contributed by atoms with E-state index < -0.39 is 0 Å². The van der Waals surface area contributed by atoms with Gasteiger partial charge in [0.05, 0.1) is 0 Å². The summed E-state index contributed by atoms with van der Waals surface area (Å²) in [7, 11) is 0. The molecule has 2 rings (SSSR count). The molecule has 0 unspecified atom stereocenters. The van der Waals surface area contributed by atoms with Gasteiger partial charge < -0.3 is 0 Å². The van der Waals surface area contributed by atoms with Gasteiger partial charge in [-0.15, -0.1) is 0 Å². The highest BCUT2D eigenvalue weighted by Crippen LogP contribution is 2.39. The van der Waals surface area contributed by atoms with Crippen molar-refractivity contribution in [3.8, 4) is 0 Å². The molecule has 2 saturated carbocycles. The van der Waals surface area contributed by atoms with Crippen LogP contribution in [0.4, 0.5) is 0 Å². The first-order valence-electron chi connectivity index (χ1n) is 9.30. The van der Waals surface area contributed by atoms with E-state index in [1.807, 2.05) is 0 Å². The Kier molecular flexibility index (Phi) is 6.65. The predicted octanol–water partition coefficient (Wildman–Crippen LogP) is 6.76. The Morgan fingerprint density at radius 2 is 1.20 bits per heavy atom. The van der Waals surface area contributed by atoms with E-state index in [4.69, 9.17) is 0 Å². The van der Waals surface area contributed by atoms with Crippen LogP contribution in [0.2, 0.25) is 0 Å². The third kappa shape index (κ3) is 5.26. The topological polar surface area (TPSA) is 0 Å². The van der Waals surface area contributed by atoms with E-state index in [2.05, 4.69) is 26.8 Å². The summed E-state index contributed by atoms with van der Waals surface area (Å²) in [6.45, 7) is 6.84. The zero-order chi connectivity index (χ0) is 14.4. The predicted molar refractivity (Wildman–Crippen MR) is 89.9 cm³/mol. The highest BCUT2D eigenvalue weighted by Gasteiger charge is 2.26. The van der Waals surface area contributed by atoms with Crippen molar-refractivity contribution < 1.29 is 0 Å². The quantitative estimate of drug-likeness (QED) is 0.487. The summed E-state index contributed by atoms with van der Waals surface area (Å²) in [5.41, 5.74) is 1.50. The Labute approximate surface area is 127 Å². The zero-order valence-corrected chi connectivity index (χ0v) is 14.2. The molecule has 0 heteroatoms. The fourth-order valence-corrected chi connectivity index (χ4v) is 4.45. The van der Waals surface area contributed by atoms with E-state index in [9.17, 15) is 0 Å². The van der Waals surface area contributed by atoms with Crippen molar-refractivity contribution in [3.05, 3.63) is 11.6 Å². The molecule has 0 atom stereocenters. The summed E-state index contributed by atoms with van der Waals surface area (Å²) >= 11 is 0. The molecule has 0 radical (unpaired) electrons. The molecule has 2 aliphatic rings. The van der Waals surface area contributed by atoms with Gasteiger partial charge in [-0.1, -0.05) is 63.5 Å². The van der Waals surface area contributed by atoms with Crippen LogP contribution < -0.4 is 0 Å². The molecule has 0 spiro atoms. The number of hydrogen-bond donors (Lipinski definition) is 0. The smallest absolute Gasteiger partial charge is 0.0320 e. The van der Waals surface area contributed by atoms with Crippen LogP contribution in [-0.4, -0.2) is 0 Å². The Hall–Kier alpha value is -0.260. The second-order valence-electron chi connectivity index (χ2n) is 7.93. The lowest BCUT2D eigenvalue weighted by Crippen LogP contribution is -2.20. The molecular formula is C20H36. The molecule has 0 N–H and O–H groups in total. The molecule has 0 heterocycles. The van der Waals surface area contributed by atoms with Crippen LogP contribution in [0.1, 0.15) is 91.4 Å². The van der Waals surface area contributed by atoms with Gasteiger partial charge in [-0.25, -0.2) is 0 Å². The molecule has 0 saturated heterocycles. The summed E-state index contributed by atoms with van der Waals surface area (Å²) in [6.07, 6.45) is 18.9. The molecule has 0 aromatic carbocycles. The summed E-state index contributed by atoms with van der Waals surface area (Å²) in [4.78, 5) is 0. The van der Waals surface area contributed by atoms with Gasteiger partial charge in [0, 0.05) is 0 Å². The number of hydrogen-bond acceptors (Lipinski definition) is 0. The zero-order valence-electron chi connectivity index (χ0n) is 14.2. The molecule has 0 aliphatic heterocycles. The lowest BCUT2D eigenvalue weighted by atomic mass is 9.72. The van der Waals surface area contributed by atoms with E-state index in [1.54, 1.807) is 6.42 Å². The summed E-state index contributed by atoms with van der Waals surface area (Å²) in [6, 6.07) is 0. The van der Waals surface area contributed by atoms with E-state index in [0.29, 0.717) is 0 Å². The van der Waals surface area contributed by atoms with E-state index in [-0.39, 0.29) is 0 Å². The Morgan fingerprint density at radius 3 is 1.65 bits per heavy atom. The van der Waals surface area contributed by atoms with Gasteiger partial charge in [0.1, 0.15) is 0 Å². The van der Waals surface area contributed by atoms with Crippen molar-refractivity contribution in [1.29, 1.82) is 0 Å². The molecule has 20 heavy (non-hydrogen) atoms. The minimum Gasteiger partial charge on any atom is -0.0856 e. The first kappa shape index (κ1) is 16.1. The van der Waals surface area contributed by atoms with Crippen molar-refractivity contribution in [2.75, 3.05) is 0 Å². The van der Waals surface area contributed by atoms with Crippen LogP contribution in [0.3, 0.4) is 0 Å². The van der Waals surface area contributed by atoms with Gasteiger partial charge in [0.15, 0.2) is 0 Å². The van der Waals surface area contributed by atoms with Crippen molar-refractivity contribution in [3.63, 3.8) is 0 Å². The standard InChI is InChI=1S/C20H36/c1-4-17-7-11-19(12-8-17)15-20-13-9-18(10-14-20)6-5-16(2)3/h5,17-20H,4,6-15H2,1-3H3. The van der Waals surface area contributed by atoms with Crippen LogP contribution in [0.25, 0.3) is 0 Å². The van der Waals surface area contributed by atoms with E-state index >= 15 is 0 Å². The molecule has 0 amide bonds. The molecule has 116 valence electrons. The Morgan fingerprint density at radius 1 is 0.750 bits per heavy atom. The second kappa shape index (κ2) is 8.25. The number of allylic oxidation sites excluding steroid dienone is 2. The molecule has 0 nitrogen and oxygen atoms in total.